The van der Waals surface area contributed by atoms with Crippen LogP contribution in [0.1, 0.15) is 40.0 Å². The summed E-state index contributed by atoms with van der Waals surface area (Å²) in [5, 5.41) is 3.34. The molecule has 1 aliphatic heterocycles. The standard InChI is InChI=1S/C18H25N3O3/c1-18(2,3)24-17(23)21-11-5-4-6-16(21)12-19-14-7-9-15(10-8-14)20-13-22/h7-10,16,19H,4-6,11-12H2,1-3H3. The van der Waals surface area contributed by atoms with E-state index in [4.69, 9.17) is 4.74 Å². The molecule has 6 heteroatoms. The maximum Gasteiger partial charge on any atom is 0.410 e. The maximum atomic E-state index is 12.4. The molecule has 1 amide bonds. The highest BCUT2D eigenvalue weighted by Gasteiger charge is 2.30. The molecular formula is C18H25N3O3. The number of aliphatic imine (C=N–C) groups is 1. The molecule has 1 heterocycles. The van der Waals surface area contributed by atoms with Gasteiger partial charge in [0.25, 0.3) is 0 Å². The van der Waals surface area contributed by atoms with E-state index >= 15 is 0 Å². The summed E-state index contributed by atoms with van der Waals surface area (Å²) < 4.78 is 5.51. The van der Waals surface area contributed by atoms with E-state index in [0.717, 1.165) is 31.5 Å². The molecular weight excluding hydrogens is 306 g/mol. The SMILES string of the molecule is CC(C)(C)OC(=O)N1CCCCC1CNc1ccc(N=C=O)cc1. The Bertz CT molecular complexity index is 601. The first-order chi connectivity index (χ1) is 11.4. The summed E-state index contributed by atoms with van der Waals surface area (Å²) in [6, 6.07) is 7.33. The molecule has 0 spiro atoms. The summed E-state index contributed by atoms with van der Waals surface area (Å²) in [5.41, 5.74) is 1.01. The number of carbonyl (C=O) groups is 1. The molecule has 1 unspecified atom stereocenters. The molecule has 1 saturated heterocycles. The number of nitrogens with one attached hydrogen (secondary N) is 1. The predicted molar refractivity (Wildman–Crippen MR) is 93.3 cm³/mol. The van der Waals surface area contributed by atoms with Crippen LogP contribution in [0.5, 0.6) is 0 Å². The number of piperidine rings is 1. The lowest BCUT2D eigenvalue weighted by molar-refractivity contribution is 0.0114. The van der Waals surface area contributed by atoms with Crippen LogP contribution >= 0.6 is 0 Å². The van der Waals surface area contributed by atoms with Crippen molar-refractivity contribution in [1.29, 1.82) is 0 Å². The van der Waals surface area contributed by atoms with Crippen molar-refractivity contribution in [3.8, 4) is 0 Å². The lowest BCUT2D eigenvalue weighted by Gasteiger charge is -2.37. The summed E-state index contributed by atoms with van der Waals surface area (Å²) in [6.45, 7) is 7.03. The average molecular weight is 331 g/mol. The lowest BCUT2D eigenvalue weighted by Crippen LogP contribution is -2.48. The molecule has 0 radical (unpaired) electrons. The van der Waals surface area contributed by atoms with Crippen LogP contribution in [0.25, 0.3) is 0 Å². The van der Waals surface area contributed by atoms with Crippen molar-refractivity contribution >= 4 is 23.5 Å². The largest absolute Gasteiger partial charge is 0.444 e. The van der Waals surface area contributed by atoms with E-state index in [1.165, 1.54) is 6.08 Å². The highest BCUT2D eigenvalue weighted by atomic mass is 16.6. The van der Waals surface area contributed by atoms with Crippen molar-refractivity contribution in [1.82, 2.24) is 4.90 Å². The third kappa shape index (κ3) is 5.39. The number of hydrogen-bond acceptors (Lipinski definition) is 5. The zero-order valence-corrected chi connectivity index (χ0v) is 14.5. The van der Waals surface area contributed by atoms with Crippen molar-refractivity contribution in [3.63, 3.8) is 0 Å². The summed E-state index contributed by atoms with van der Waals surface area (Å²) >= 11 is 0. The minimum atomic E-state index is -0.485. The van der Waals surface area contributed by atoms with Gasteiger partial charge in [-0.05, 0) is 64.3 Å². The Morgan fingerprint density at radius 3 is 2.67 bits per heavy atom. The van der Waals surface area contributed by atoms with Gasteiger partial charge < -0.3 is 15.0 Å². The smallest absolute Gasteiger partial charge is 0.410 e. The normalized spacial score (nSPS) is 17.8. The predicted octanol–water partition coefficient (Wildman–Crippen LogP) is 3.86. The van der Waals surface area contributed by atoms with E-state index in [-0.39, 0.29) is 12.1 Å². The molecule has 24 heavy (non-hydrogen) atoms. The topological polar surface area (TPSA) is 71.0 Å². The zero-order valence-electron chi connectivity index (χ0n) is 14.5. The van der Waals surface area contributed by atoms with Gasteiger partial charge >= 0.3 is 6.09 Å². The molecule has 1 aromatic carbocycles. The summed E-state index contributed by atoms with van der Waals surface area (Å²) in [4.78, 5) is 28.0. The molecule has 0 aromatic heterocycles. The number of rotatable bonds is 4. The van der Waals surface area contributed by atoms with Gasteiger partial charge in [-0.2, -0.15) is 4.99 Å². The molecule has 1 N–H and O–H groups in total. The molecule has 130 valence electrons. The lowest BCUT2D eigenvalue weighted by atomic mass is 10.0. The molecule has 2 rings (SSSR count). The number of nitrogens with zero attached hydrogens (tertiary/aromatic N) is 2. The summed E-state index contributed by atoms with van der Waals surface area (Å²) in [5.74, 6) is 0. The quantitative estimate of drug-likeness (QED) is 0.672. The Morgan fingerprint density at radius 1 is 1.33 bits per heavy atom. The van der Waals surface area contributed by atoms with E-state index in [1.807, 2.05) is 37.8 Å². The van der Waals surface area contributed by atoms with Crippen molar-refractivity contribution in [2.24, 2.45) is 4.99 Å². The molecule has 1 aromatic rings. The number of hydrogen-bond donors (Lipinski definition) is 1. The Kier molecular flexibility index (Phi) is 5.99. The third-order valence-corrected chi connectivity index (χ3v) is 3.84. The minimum absolute atomic E-state index is 0.112. The van der Waals surface area contributed by atoms with Crippen LogP contribution in [0, 0.1) is 0 Å². The monoisotopic (exact) mass is 331 g/mol. The van der Waals surface area contributed by atoms with E-state index in [9.17, 15) is 9.59 Å². The Morgan fingerprint density at radius 2 is 2.04 bits per heavy atom. The van der Waals surface area contributed by atoms with Gasteiger partial charge in [0.2, 0.25) is 6.08 Å². The fraction of sp³-hybridized carbons (Fsp3) is 0.556. The number of benzene rings is 1. The highest BCUT2D eigenvalue weighted by molar-refractivity contribution is 5.69. The van der Waals surface area contributed by atoms with E-state index in [1.54, 1.807) is 12.1 Å². The second kappa shape index (κ2) is 7.97. The van der Waals surface area contributed by atoms with Crippen LogP contribution in [0.2, 0.25) is 0 Å². The van der Waals surface area contributed by atoms with Crippen LogP contribution in [-0.4, -0.2) is 41.8 Å². The maximum absolute atomic E-state index is 12.4. The van der Waals surface area contributed by atoms with Gasteiger partial charge in [0.05, 0.1) is 11.7 Å². The first kappa shape index (κ1) is 18.0. The molecule has 0 aliphatic carbocycles. The zero-order chi connectivity index (χ0) is 17.6. The number of ether oxygens (including phenoxy) is 1. The van der Waals surface area contributed by atoms with Crippen molar-refractivity contribution in [2.75, 3.05) is 18.4 Å². The third-order valence-electron chi connectivity index (χ3n) is 3.84. The van der Waals surface area contributed by atoms with Crippen LogP contribution in [0.15, 0.2) is 29.3 Å². The first-order valence-electron chi connectivity index (χ1n) is 8.30. The van der Waals surface area contributed by atoms with Gasteiger partial charge in [0.15, 0.2) is 0 Å². The average Bonchev–Trinajstić information content (AvgIpc) is 2.53. The number of anilines is 1. The van der Waals surface area contributed by atoms with Gasteiger partial charge in [-0.1, -0.05) is 0 Å². The van der Waals surface area contributed by atoms with Crippen molar-refractivity contribution in [3.05, 3.63) is 24.3 Å². The molecule has 6 nitrogen and oxygen atoms in total. The van der Waals surface area contributed by atoms with Gasteiger partial charge in [-0.15, -0.1) is 0 Å². The number of amides is 1. The highest BCUT2D eigenvalue weighted by Crippen LogP contribution is 2.22. The van der Waals surface area contributed by atoms with Crippen LogP contribution in [0.4, 0.5) is 16.2 Å². The van der Waals surface area contributed by atoms with Gasteiger partial charge in [0.1, 0.15) is 5.60 Å². The van der Waals surface area contributed by atoms with E-state index < -0.39 is 5.60 Å². The molecule has 0 bridgehead atoms. The Labute approximate surface area is 142 Å². The van der Waals surface area contributed by atoms with Gasteiger partial charge in [0, 0.05) is 18.8 Å². The molecule has 0 saturated carbocycles. The van der Waals surface area contributed by atoms with Gasteiger partial charge in [-0.3, -0.25) is 0 Å². The Balaban J connectivity index is 1.95. The minimum Gasteiger partial charge on any atom is -0.444 e. The Hall–Kier alpha value is -2.33. The summed E-state index contributed by atoms with van der Waals surface area (Å²) in [6.07, 6.45) is 4.35. The second-order valence-electron chi connectivity index (χ2n) is 6.95. The second-order valence-corrected chi connectivity index (χ2v) is 6.95. The van der Waals surface area contributed by atoms with E-state index in [0.29, 0.717) is 12.2 Å². The van der Waals surface area contributed by atoms with Crippen molar-refractivity contribution < 1.29 is 14.3 Å². The number of carbonyl (C=O) groups excluding carboxylic acids is 2. The summed E-state index contributed by atoms with van der Waals surface area (Å²) in [7, 11) is 0. The first-order valence-corrected chi connectivity index (χ1v) is 8.30. The molecule has 1 fully saturated rings. The van der Waals surface area contributed by atoms with Crippen LogP contribution < -0.4 is 5.32 Å². The molecule has 1 aliphatic rings. The van der Waals surface area contributed by atoms with E-state index in [2.05, 4.69) is 10.3 Å². The fourth-order valence-electron chi connectivity index (χ4n) is 2.72. The number of isocyanates is 1. The van der Waals surface area contributed by atoms with Crippen LogP contribution in [0.3, 0.4) is 0 Å². The molecule has 1 atom stereocenters. The fourth-order valence-corrected chi connectivity index (χ4v) is 2.72. The van der Waals surface area contributed by atoms with Crippen molar-refractivity contribution in [2.45, 2.75) is 51.7 Å². The van der Waals surface area contributed by atoms with Crippen LogP contribution in [-0.2, 0) is 9.53 Å². The van der Waals surface area contributed by atoms with Gasteiger partial charge in [-0.25, -0.2) is 9.59 Å². The number of likely N-dealkylation sites (tertiary alicyclic amines) is 1.